The molecule has 61 heavy (non-hydrogen) atoms. The summed E-state index contributed by atoms with van der Waals surface area (Å²) >= 11 is 0. The Labute approximate surface area is 380 Å². The second-order valence-corrected chi connectivity index (χ2v) is 18.9. The molecule has 362 valence electrons. The molecule has 0 fully saturated rings. The first-order valence-electron chi connectivity index (χ1n) is 27.5. The Morgan fingerprint density at radius 3 is 0.656 bits per heavy atom. The normalized spacial score (nSPS) is 11.9. The van der Waals surface area contributed by atoms with Gasteiger partial charge in [-0.3, -0.25) is 14.4 Å². The van der Waals surface area contributed by atoms with Crippen molar-refractivity contribution in [2.75, 3.05) is 13.2 Å². The molecule has 0 rings (SSSR count). The molecule has 0 radical (unpaired) electrons. The van der Waals surface area contributed by atoms with Crippen LogP contribution in [0.3, 0.4) is 0 Å². The number of rotatable bonds is 51. The highest BCUT2D eigenvalue weighted by Gasteiger charge is 2.19. The van der Waals surface area contributed by atoms with E-state index in [2.05, 4.69) is 20.8 Å². The zero-order valence-corrected chi connectivity index (χ0v) is 41.5. The third kappa shape index (κ3) is 49.3. The van der Waals surface area contributed by atoms with Crippen LogP contribution in [0.4, 0.5) is 0 Å². The summed E-state index contributed by atoms with van der Waals surface area (Å²) in [6.07, 6.45) is 55.7. The first kappa shape index (κ1) is 59.4. The highest BCUT2D eigenvalue weighted by molar-refractivity contribution is 5.71. The van der Waals surface area contributed by atoms with E-state index in [4.69, 9.17) is 14.2 Å². The lowest BCUT2D eigenvalue weighted by molar-refractivity contribution is -0.167. The minimum Gasteiger partial charge on any atom is -0.462 e. The van der Waals surface area contributed by atoms with Crippen molar-refractivity contribution in [3.63, 3.8) is 0 Å². The van der Waals surface area contributed by atoms with E-state index in [1.54, 1.807) is 0 Å². The topological polar surface area (TPSA) is 78.9 Å². The molecule has 6 heteroatoms. The molecule has 0 aliphatic carbocycles. The summed E-state index contributed by atoms with van der Waals surface area (Å²) < 4.78 is 16.7. The van der Waals surface area contributed by atoms with Crippen molar-refractivity contribution in [1.82, 2.24) is 0 Å². The summed E-state index contributed by atoms with van der Waals surface area (Å²) in [5, 5.41) is 0. The van der Waals surface area contributed by atoms with Crippen LogP contribution in [-0.4, -0.2) is 37.2 Å². The van der Waals surface area contributed by atoms with Crippen molar-refractivity contribution in [2.45, 2.75) is 322 Å². The third-order valence-electron chi connectivity index (χ3n) is 12.6. The van der Waals surface area contributed by atoms with E-state index < -0.39 is 6.10 Å². The van der Waals surface area contributed by atoms with Crippen LogP contribution in [-0.2, 0) is 28.6 Å². The van der Waals surface area contributed by atoms with Crippen molar-refractivity contribution < 1.29 is 28.6 Å². The van der Waals surface area contributed by atoms with E-state index in [1.807, 2.05) is 0 Å². The molecule has 0 spiro atoms. The SMILES string of the molecule is CCCCCCCCCCCCCCCCCCCCCCCCCCCCC(=O)OCC(COC(=O)CCCCCCCC)OC(=O)CCCCCCCCCCCCC. The lowest BCUT2D eigenvalue weighted by atomic mass is 10.0. The molecular formula is C55H106O6. The lowest BCUT2D eigenvalue weighted by Gasteiger charge is -2.18. The summed E-state index contributed by atoms with van der Waals surface area (Å²) in [4.78, 5) is 37.7. The van der Waals surface area contributed by atoms with Gasteiger partial charge in [-0.1, -0.05) is 278 Å². The van der Waals surface area contributed by atoms with Crippen LogP contribution in [0.2, 0.25) is 0 Å². The monoisotopic (exact) mass is 863 g/mol. The van der Waals surface area contributed by atoms with Crippen molar-refractivity contribution in [1.29, 1.82) is 0 Å². The zero-order chi connectivity index (χ0) is 44.4. The van der Waals surface area contributed by atoms with Crippen LogP contribution in [0.1, 0.15) is 316 Å². The largest absolute Gasteiger partial charge is 0.462 e. The Morgan fingerprint density at radius 2 is 0.443 bits per heavy atom. The lowest BCUT2D eigenvalue weighted by Crippen LogP contribution is -2.30. The summed E-state index contributed by atoms with van der Waals surface area (Å²) in [6, 6.07) is 0. The average molecular weight is 863 g/mol. The maximum atomic E-state index is 12.7. The molecule has 0 aromatic rings. The molecule has 6 nitrogen and oxygen atoms in total. The van der Waals surface area contributed by atoms with E-state index in [0.29, 0.717) is 19.3 Å². The molecule has 0 bridgehead atoms. The summed E-state index contributed by atoms with van der Waals surface area (Å²) in [6.45, 7) is 6.62. The Balaban J connectivity index is 3.95. The van der Waals surface area contributed by atoms with Gasteiger partial charge < -0.3 is 14.2 Å². The Bertz CT molecular complexity index is 905. The van der Waals surface area contributed by atoms with Crippen LogP contribution in [0.5, 0.6) is 0 Å². The van der Waals surface area contributed by atoms with Gasteiger partial charge in [0.25, 0.3) is 0 Å². The fourth-order valence-electron chi connectivity index (χ4n) is 8.45. The number of carbonyl (C=O) groups excluding carboxylic acids is 3. The van der Waals surface area contributed by atoms with Crippen LogP contribution in [0.25, 0.3) is 0 Å². The fourth-order valence-corrected chi connectivity index (χ4v) is 8.45. The first-order chi connectivity index (χ1) is 30.0. The van der Waals surface area contributed by atoms with E-state index in [1.165, 1.54) is 218 Å². The predicted molar refractivity (Wildman–Crippen MR) is 261 cm³/mol. The van der Waals surface area contributed by atoms with Gasteiger partial charge in [0, 0.05) is 19.3 Å². The molecule has 1 atom stereocenters. The zero-order valence-electron chi connectivity index (χ0n) is 41.5. The standard InChI is InChI=1S/C55H106O6/c1-4-7-10-13-16-18-20-21-22-23-24-25-26-27-28-29-30-31-32-33-34-36-37-39-42-45-48-54(57)60-51-52(50-59-53(56)47-44-41-15-12-9-6-3)61-55(58)49-46-43-40-38-35-19-17-14-11-8-5-2/h52H,4-51H2,1-3H3. The number of esters is 3. The summed E-state index contributed by atoms with van der Waals surface area (Å²) in [7, 11) is 0. The molecule has 0 aromatic heterocycles. The number of hydrogen-bond donors (Lipinski definition) is 0. The van der Waals surface area contributed by atoms with Gasteiger partial charge in [0.1, 0.15) is 13.2 Å². The minimum atomic E-state index is -0.758. The number of ether oxygens (including phenoxy) is 3. The highest BCUT2D eigenvalue weighted by atomic mass is 16.6. The molecular weight excluding hydrogens is 757 g/mol. The van der Waals surface area contributed by atoms with Gasteiger partial charge in [0.15, 0.2) is 6.10 Å². The Hall–Kier alpha value is -1.59. The first-order valence-corrected chi connectivity index (χ1v) is 27.5. The van der Waals surface area contributed by atoms with Crippen LogP contribution >= 0.6 is 0 Å². The van der Waals surface area contributed by atoms with Gasteiger partial charge in [-0.2, -0.15) is 0 Å². The molecule has 0 N–H and O–H groups in total. The van der Waals surface area contributed by atoms with Gasteiger partial charge >= 0.3 is 17.9 Å². The molecule has 1 unspecified atom stereocenters. The Morgan fingerprint density at radius 1 is 0.262 bits per heavy atom. The van der Waals surface area contributed by atoms with Gasteiger partial charge in [-0.25, -0.2) is 0 Å². The molecule has 0 amide bonds. The maximum absolute atomic E-state index is 12.7. The smallest absolute Gasteiger partial charge is 0.306 e. The van der Waals surface area contributed by atoms with Crippen LogP contribution in [0.15, 0.2) is 0 Å². The van der Waals surface area contributed by atoms with Gasteiger partial charge in [-0.15, -0.1) is 0 Å². The van der Waals surface area contributed by atoms with E-state index in [-0.39, 0.29) is 31.1 Å². The minimum absolute atomic E-state index is 0.0629. The molecule has 0 saturated heterocycles. The van der Waals surface area contributed by atoms with E-state index in [0.717, 1.165) is 57.8 Å². The Kier molecular flexibility index (Phi) is 49.7. The molecule has 0 aliphatic heterocycles. The summed E-state index contributed by atoms with van der Waals surface area (Å²) in [5.41, 5.74) is 0. The molecule has 0 aliphatic rings. The molecule has 0 heterocycles. The van der Waals surface area contributed by atoms with Crippen LogP contribution in [0, 0.1) is 0 Å². The number of carbonyl (C=O) groups is 3. The van der Waals surface area contributed by atoms with E-state index >= 15 is 0 Å². The predicted octanol–water partition coefficient (Wildman–Crippen LogP) is 18.0. The van der Waals surface area contributed by atoms with Gasteiger partial charge in [-0.05, 0) is 19.3 Å². The third-order valence-corrected chi connectivity index (χ3v) is 12.6. The average Bonchev–Trinajstić information content (AvgIpc) is 3.26. The second kappa shape index (κ2) is 51.0. The number of unbranched alkanes of at least 4 members (excludes halogenated alkanes) is 40. The van der Waals surface area contributed by atoms with Crippen LogP contribution < -0.4 is 0 Å². The second-order valence-electron chi connectivity index (χ2n) is 18.9. The quantitative estimate of drug-likeness (QED) is 0.0344. The number of hydrogen-bond acceptors (Lipinski definition) is 6. The van der Waals surface area contributed by atoms with Crippen molar-refractivity contribution >= 4 is 17.9 Å². The van der Waals surface area contributed by atoms with Crippen molar-refractivity contribution in [2.24, 2.45) is 0 Å². The van der Waals surface area contributed by atoms with Crippen molar-refractivity contribution in [3.8, 4) is 0 Å². The van der Waals surface area contributed by atoms with Gasteiger partial charge in [0.05, 0.1) is 0 Å². The van der Waals surface area contributed by atoms with Crippen molar-refractivity contribution in [3.05, 3.63) is 0 Å². The molecule has 0 saturated carbocycles. The fraction of sp³-hybridized carbons (Fsp3) is 0.945. The molecule has 0 aromatic carbocycles. The van der Waals surface area contributed by atoms with Gasteiger partial charge in [0.2, 0.25) is 0 Å². The maximum Gasteiger partial charge on any atom is 0.306 e. The van der Waals surface area contributed by atoms with E-state index in [9.17, 15) is 14.4 Å². The summed E-state index contributed by atoms with van der Waals surface area (Å²) in [5.74, 6) is -0.854. The highest BCUT2D eigenvalue weighted by Crippen LogP contribution is 2.17.